The SMILES string of the molecule is CC(C)CCN(C(C)CNC1CCCC1)C1CCCC1. The van der Waals surface area contributed by atoms with Crippen LogP contribution in [0.2, 0.25) is 0 Å². The van der Waals surface area contributed by atoms with Crippen LogP contribution in [0.4, 0.5) is 0 Å². The minimum atomic E-state index is 0.706. The average Bonchev–Trinajstić information content (AvgIpc) is 3.09. The lowest BCUT2D eigenvalue weighted by Crippen LogP contribution is -2.47. The molecule has 1 atom stereocenters. The highest BCUT2D eigenvalue weighted by atomic mass is 15.2. The Morgan fingerprint density at radius 1 is 0.950 bits per heavy atom. The Labute approximate surface area is 126 Å². The Morgan fingerprint density at radius 2 is 1.55 bits per heavy atom. The van der Waals surface area contributed by atoms with Crippen molar-refractivity contribution in [3.8, 4) is 0 Å². The molecule has 0 aliphatic heterocycles. The molecule has 2 nitrogen and oxygen atoms in total. The molecule has 2 fully saturated rings. The molecule has 0 aromatic rings. The first-order valence-corrected chi connectivity index (χ1v) is 9.16. The Morgan fingerprint density at radius 3 is 2.15 bits per heavy atom. The first kappa shape index (κ1) is 16.3. The molecule has 2 aliphatic carbocycles. The predicted molar refractivity (Wildman–Crippen MR) is 88.1 cm³/mol. The molecule has 118 valence electrons. The van der Waals surface area contributed by atoms with E-state index in [4.69, 9.17) is 0 Å². The van der Waals surface area contributed by atoms with Crippen molar-refractivity contribution in [2.45, 2.75) is 96.7 Å². The van der Waals surface area contributed by atoms with E-state index in [0.717, 1.165) is 18.0 Å². The van der Waals surface area contributed by atoms with E-state index in [1.165, 1.54) is 70.9 Å². The summed E-state index contributed by atoms with van der Waals surface area (Å²) in [7, 11) is 0. The van der Waals surface area contributed by atoms with Gasteiger partial charge in [0.25, 0.3) is 0 Å². The summed E-state index contributed by atoms with van der Waals surface area (Å²) in [5.41, 5.74) is 0. The first-order valence-electron chi connectivity index (χ1n) is 9.16. The van der Waals surface area contributed by atoms with Crippen molar-refractivity contribution in [1.82, 2.24) is 10.2 Å². The summed E-state index contributed by atoms with van der Waals surface area (Å²) in [5.74, 6) is 0.828. The highest BCUT2D eigenvalue weighted by molar-refractivity contribution is 4.84. The van der Waals surface area contributed by atoms with Gasteiger partial charge in [-0.25, -0.2) is 0 Å². The summed E-state index contributed by atoms with van der Waals surface area (Å²) in [5, 5.41) is 3.83. The molecule has 0 spiro atoms. The third-order valence-corrected chi connectivity index (χ3v) is 5.38. The topological polar surface area (TPSA) is 15.3 Å². The van der Waals surface area contributed by atoms with Crippen LogP contribution in [0.1, 0.15) is 78.6 Å². The Kier molecular flexibility index (Phi) is 6.83. The highest BCUT2D eigenvalue weighted by Crippen LogP contribution is 2.26. The fraction of sp³-hybridized carbons (Fsp3) is 1.00. The van der Waals surface area contributed by atoms with Crippen LogP contribution in [0.15, 0.2) is 0 Å². The van der Waals surface area contributed by atoms with E-state index in [2.05, 4.69) is 31.0 Å². The number of rotatable bonds is 8. The Hall–Kier alpha value is -0.0800. The molecule has 2 saturated carbocycles. The molecule has 0 saturated heterocycles. The summed E-state index contributed by atoms with van der Waals surface area (Å²) in [6.07, 6.45) is 12.8. The summed E-state index contributed by atoms with van der Waals surface area (Å²) in [4.78, 5) is 2.83. The van der Waals surface area contributed by atoms with Crippen molar-refractivity contribution in [3.63, 3.8) is 0 Å². The van der Waals surface area contributed by atoms with Gasteiger partial charge in [-0.2, -0.15) is 0 Å². The maximum absolute atomic E-state index is 3.83. The van der Waals surface area contributed by atoms with Crippen molar-refractivity contribution in [1.29, 1.82) is 0 Å². The maximum atomic E-state index is 3.83. The van der Waals surface area contributed by atoms with Crippen LogP contribution in [-0.2, 0) is 0 Å². The second-order valence-electron chi connectivity index (χ2n) is 7.60. The zero-order chi connectivity index (χ0) is 14.4. The summed E-state index contributed by atoms with van der Waals surface area (Å²) < 4.78 is 0. The molecule has 1 unspecified atom stereocenters. The molecule has 0 heterocycles. The van der Waals surface area contributed by atoms with E-state index in [1.807, 2.05) is 0 Å². The molecule has 0 amide bonds. The monoisotopic (exact) mass is 280 g/mol. The minimum absolute atomic E-state index is 0.706. The third-order valence-electron chi connectivity index (χ3n) is 5.38. The molecule has 2 rings (SSSR count). The van der Waals surface area contributed by atoms with Crippen molar-refractivity contribution >= 4 is 0 Å². The predicted octanol–water partition coefficient (Wildman–Crippen LogP) is 4.20. The average molecular weight is 280 g/mol. The van der Waals surface area contributed by atoms with E-state index in [9.17, 15) is 0 Å². The van der Waals surface area contributed by atoms with Crippen LogP contribution in [0.25, 0.3) is 0 Å². The van der Waals surface area contributed by atoms with Gasteiger partial charge in [0.2, 0.25) is 0 Å². The summed E-state index contributed by atoms with van der Waals surface area (Å²) in [6.45, 7) is 9.65. The molecule has 20 heavy (non-hydrogen) atoms. The van der Waals surface area contributed by atoms with Crippen LogP contribution in [0.3, 0.4) is 0 Å². The molecule has 2 heteroatoms. The number of hydrogen-bond donors (Lipinski definition) is 1. The van der Waals surface area contributed by atoms with Gasteiger partial charge < -0.3 is 5.32 Å². The molecule has 0 bridgehead atoms. The Balaban J connectivity index is 1.79. The van der Waals surface area contributed by atoms with E-state index < -0.39 is 0 Å². The normalized spacial score (nSPS) is 23.2. The molecule has 0 aromatic carbocycles. The van der Waals surface area contributed by atoms with Crippen LogP contribution in [-0.4, -0.2) is 36.1 Å². The Bertz CT molecular complexity index is 252. The van der Waals surface area contributed by atoms with Crippen molar-refractivity contribution in [2.24, 2.45) is 5.92 Å². The van der Waals surface area contributed by atoms with Gasteiger partial charge in [-0.1, -0.05) is 39.5 Å². The van der Waals surface area contributed by atoms with Crippen molar-refractivity contribution < 1.29 is 0 Å². The van der Waals surface area contributed by atoms with Crippen LogP contribution in [0, 0.1) is 5.92 Å². The van der Waals surface area contributed by atoms with E-state index in [1.54, 1.807) is 0 Å². The van der Waals surface area contributed by atoms with Gasteiger partial charge in [0.1, 0.15) is 0 Å². The molecule has 0 aromatic heterocycles. The zero-order valence-electron chi connectivity index (χ0n) is 14.0. The van der Waals surface area contributed by atoms with E-state index in [-0.39, 0.29) is 0 Å². The van der Waals surface area contributed by atoms with Gasteiger partial charge in [-0.05, 0) is 51.5 Å². The fourth-order valence-corrected chi connectivity index (χ4v) is 3.99. The minimum Gasteiger partial charge on any atom is -0.312 e. The number of nitrogens with zero attached hydrogens (tertiary/aromatic N) is 1. The maximum Gasteiger partial charge on any atom is 0.0195 e. The molecule has 2 aliphatic rings. The van der Waals surface area contributed by atoms with Gasteiger partial charge in [0, 0.05) is 24.7 Å². The lowest BCUT2D eigenvalue weighted by molar-refractivity contribution is 0.133. The zero-order valence-corrected chi connectivity index (χ0v) is 14.0. The van der Waals surface area contributed by atoms with E-state index in [0.29, 0.717) is 6.04 Å². The quantitative estimate of drug-likeness (QED) is 0.717. The van der Waals surface area contributed by atoms with Gasteiger partial charge in [-0.3, -0.25) is 4.90 Å². The van der Waals surface area contributed by atoms with Gasteiger partial charge >= 0.3 is 0 Å². The molecule has 1 N–H and O–H groups in total. The lowest BCUT2D eigenvalue weighted by Gasteiger charge is -2.36. The van der Waals surface area contributed by atoms with Gasteiger partial charge in [-0.15, -0.1) is 0 Å². The second-order valence-corrected chi connectivity index (χ2v) is 7.60. The van der Waals surface area contributed by atoms with Crippen LogP contribution >= 0.6 is 0 Å². The molecule has 0 radical (unpaired) electrons. The van der Waals surface area contributed by atoms with Crippen LogP contribution < -0.4 is 5.32 Å². The smallest absolute Gasteiger partial charge is 0.0195 e. The van der Waals surface area contributed by atoms with Gasteiger partial charge in [0.05, 0.1) is 0 Å². The largest absolute Gasteiger partial charge is 0.312 e. The lowest BCUT2D eigenvalue weighted by atomic mass is 10.1. The van der Waals surface area contributed by atoms with Crippen molar-refractivity contribution in [3.05, 3.63) is 0 Å². The fourth-order valence-electron chi connectivity index (χ4n) is 3.99. The first-order chi connectivity index (χ1) is 9.66. The molecular weight excluding hydrogens is 244 g/mol. The van der Waals surface area contributed by atoms with Gasteiger partial charge in [0.15, 0.2) is 0 Å². The molecular formula is C18H36N2. The van der Waals surface area contributed by atoms with Crippen LogP contribution in [0.5, 0.6) is 0 Å². The number of nitrogens with one attached hydrogen (secondary N) is 1. The third kappa shape index (κ3) is 5.04. The summed E-state index contributed by atoms with van der Waals surface area (Å²) >= 11 is 0. The van der Waals surface area contributed by atoms with E-state index >= 15 is 0 Å². The summed E-state index contributed by atoms with van der Waals surface area (Å²) in [6, 6.07) is 2.39. The standard InChI is InChI=1S/C18H36N2/c1-15(2)12-13-20(18-10-6-7-11-18)16(3)14-19-17-8-4-5-9-17/h15-19H,4-14H2,1-3H3. The highest BCUT2D eigenvalue weighted by Gasteiger charge is 2.26. The second kappa shape index (κ2) is 8.38. The number of hydrogen-bond acceptors (Lipinski definition) is 2. The van der Waals surface area contributed by atoms with Crippen molar-refractivity contribution in [2.75, 3.05) is 13.1 Å².